The minimum absolute atomic E-state index is 0.176. The highest BCUT2D eigenvalue weighted by Gasteiger charge is 2.48. The van der Waals surface area contributed by atoms with Crippen LogP contribution in [0.2, 0.25) is 0 Å². The van der Waals surface area contributed by atoms with E-state index < -0.39 is 4.75 Å². The lowest BCUT2D eigenvalue weighted by molar-refractivity contribution is -0.141. The Morgan fingerprint density at radius 3 is 1.78 bits per heavy atom. The number of carbonyl (C=O) groups is 1. The lowest BCUT2D eigenvalue weighted by atomic mass is 9.90. The average Bonchev–Trinajstić information content (AvgIpc) is 2.84. The zero-order chi connectivity index (χ0) is 12.4. The van der Waals surface area contributed by atoms with Gasteiger partial charge >= 0.3 is 5.97 Å². The van der Waals surface area contributed by atoms with Gasteiger partial charge in [-0.1, -0.05) is 72.4 Å². The van der Waals surface area contributed by atoms with Crippen LogP contribution < -0.4 is 0 Å². The van der Waals surface area contributed by atoms with E-state index in [2.05, 4.69) is 0 Å². The van der Waals surface area contributed by atoms with Crippen LogP contribution in [-0.2, 0) is 14.3 Å². The van der Waals surface area contributed by atoms with Crippen LogP contribution in [0.1, 0.15) is 11.1 Å². The quantitative estimate of drug-likeness (QED) is 0.772. The third-order valence-electron chi connectivity index (χ3n) is 3.11. The Kier molecular flexibility index (Phi) is 2.84. The number of cyclic esters (lactones) is 1. The Morgan fingerprint density at radius 2 is 1.39 bits per heavy atom. The first-order chi connectivity index (χ1) is 8.84. The van der Waals surface area contributed by atoms with Crippen LogP contribution in [0.25, 0.3) is 0 Å². The number of benzene rings is 2. The Labute approximate surface area is 110 Å². The number of carbonyl (C=O) groups excluding carboxylic acids is 1. The van der Waals surface area contributed by atoms with Crippen molar-refractivity contribution >= 4 is 17.7 Å². The van der Waals surface area contributed by atoms with Crippen LogP contribution in [0.3, 0.4) is 0 Å². The van der Waals surface area contributed by atoms with Crippen LogP contribution >= 0.6 is 11.8 Å². The van der Waals surface area contributed by atoms with E-state index in [1.807, 2.05) is 60.7 Å². The standard InChI is InChI=1S/C15H12O2S/c16-14-15(18-11-17-14,12-7-3-1-4-8-12)13-9-5-2-6-10-13/h1-10H,11H2. The third-order valence-corrected chi connectivity index (χ3v) is 4.42. The Bertz CT molecular complexity index is 512. The van der Waals surface area contributed by atoms with Crippen LogP contribution in [0.15, 0.2) is 60.7 Å². The largest absolute Gasteiger partial charge is 0.453 e. The second kappa shape index (κ2) is 4.50. The Balaban J connectivity index is 2.20. The summed E-state index contributed by atoms with van der Waals surface area (Å²) in [6.45, 7) is 0. The molecule has 18 heavy (non-hydrogen) atoms. The number of hydrogen-bond donors (Lipinski definition) is 0. The molecule has 2 aromatic carbocycles. The second-order valence-corrected chi connectivity index (χ2v) is 5.24. The number of ether oxygens (including phenoxy) is 1. The van der Waals surface area contributed by atoms with Crippen LogP contribution in [0, 0.1) is 0 Å². The summed E-state index contributed by atoms with van der Waals surface area (Å²) in [4.78, 5) is 12.3. The van der Waals surface area contributed by atoms with E-state index in [9.17, 15) is 4.79 Å². The van der Waals surface area contributed by atoms with Crippen LogP contribution in [0.4, 0.5) is 0 Å². The predicted molar refractivity (Wildman–Crippen MR) is 72.2 cm³/mol. The van der Waals surface area contributed by atoms with Gasteiger partial charge in [0, 0.05) is 0 Å². The number of esters is 1. The molecule has 0 unspecified atom stereocenters. The summed E-state index contributed by atoms with van der Waals surface area (Å²) in [6.07, 6.45) is 0. The van der Waals surface area contributed by atoms with Crippen molar-refractivity contribution in [3.8, 4) is 0 Å². The van der Waals surface area contributed by atoms with E-state index in [4.69, 9.17) is 4.74 Å². The molecule has 0 amide bonds. The van der Waals surface area contributed by atoms with Crippen molar-refractivity contribution in [1.29, 1.82) is 0 Å². The predicted octanol–water partition coefficient (Wildman–Crippen LogP) is 3.18. The number of thioether (sulfide) groups is 1. The van der Waals surface area contributed by atoms with Crippen molar-refractivity contribution < 1.29 is 9.53 Å². The molecule has 3 heteroatoms. The van der Waals surface area contributed by atoms with Gasteiger partial charge in [-0.15, -0.1) is 0 Å². The average molecular weight is 256 g/mol. The fraction of sp³-hybridized carbons (Fsp3) is 0.133. The lowest BCUT2D eigenvalue weighted by Gasteiger charge is -2.24. The molecule has 0 bridgehead atoms. The monoisotopic (exact) mass is 256 g/mol. The SMILES string of the molecule is O=C1OCSC1(c1ccccc1)c1ccccc1. The van der Waals surface area contributed by atoms with Crippen molar-refractivity contribution in [2.75, 3.05) is 5.94 Å². The third kappa shape index (κ3) is 1.63. The molecule has 0 atom stereocenters. The van der Waals surface area contributed by atoms with Crippen LogP contribution in [-0.4, -0.2) is 11.9 Å². The molecule has 1 saturated heterocycles. The van der Waals surface area contributed by atoms with E-state index in [1.165, 1.54) is 11.8 Å². The number of rotatable bonds is 2. The maximum atomic E-state index is 12.3. The van der Waals surface area contributed by atoms with Gasteiger partial charge in [0.25, 0.3) is 0 Å². The Hall–Kier alpha value is -1.74. The van der Waals surface area contributed by atoms with E-state index in [-0.39, 0.29) is 5.97 Å². The normalized spacial score (nSPS) is 17.4. The van der Waals surface area contributed by atoms with Gasteiger partial charge in [-0.25, -0.2) is 4.79 Å². The molecule has 0 radical (unpaired) electrons. The molecule has 0 spiro atoms. The maximum Gasteiger partial charge on any atom is 0.332 e. The van der Waals surface area contributed by atoms with Crippen molar-refractivity contribution in [2.24, 2.45) is 0 Å². The van der Waals surface area contributed by atoms with Gasteiger partial charge in [-0.2, -0.15) is 0 Å². The summed E-state index contributed by atoms with van der Waals surface area (Å²) in [5.41, 5.74) is 1.95. The molecular formula is C15H12O2S. The lowest BCUT2D eigenvalue weighted by Crippen LogP contribution is -2.30. The molecule has 3 rings (SSSR count). The summed E-state index contributed by atoms with van der Waals surface area (Å²) in [6, 6.07) is 19.6. The number of hydrogen-bond acceptors (Lipinski definition) is 3. The van der Waals surface area contributed by atoms with Crippen LogP contribution in [0.5, 0.6) is 0 Å². The zero-order valence-corrected chi connectivity index (χ0v) is 10.5. The zero-order valence-electron chi connectivity index (χ0n) is 9.71. The molecule has 0 N–H and O–H groups in total. The molecule has 1 aliphatic heterocycles. The summed E-state index contributed by atoms with van der Waals surface area (Å²) in [5.74, 6) is 0.229. The fourth-order valence-electron chi connectivity index (χ4n) is 2.25. The first kappa shape index (κ1) is 11.4. The molecule has 0 saturated carbocycles. The molecule has 0 aliphatic carbocycles. The highest BCUT2D eigenvalue weighted by Crippen LogP contribution is 2.47. The first-order valence-corrected chi connectivity index (χ1v) is 6.75. The van der Waals surface area contributed by atoms with Gasteiger partial charge in [0.05, 0.1) is 0 Å². The van der Waals surface area contributed by atoms with Crippen molar-refractivity contribution in [1.82, 2.24) is 0 Å². The first-order valence-electron chi connectivity index (χ1n) is 5.76. The van der Waals surface area contributed by atoms with Crippen molar-refractivity contribution in [3.05, 3.63) is 71.8 Å². The van der Waals surface area contributed by atoms with Gasteiger partial charge in [0.2, 0.25) is 0 Å². The minimum atomic E-state index is -0.706. The van der Waals surface area contributed by atoms with Crippen molar-refractivity contribution in [2.45, 2.75) is 4.75 Å². The summed E-state index contributed by atoms with van der Waals surface area (Å²) in [7, 11) is 0. The molecule has 2 aromatic rings. The molecule has 1 heterocycles. The van der Waals surface area contributed by atoms with Gasteiger partial charge in [-0.05, 0) is 11.1 Å². The molecule has 90 valence electrons. The Morgan fingerprint density at radius 1 is 0.889 bits per heavy atom. The molecule has 2 nitrogen and oxygen atoms in total. The van der Waals surface area contributed by atoms with Gasteiger partial charge in [0.1, 0.15) is 5.94 Å². The van der Waals surface area contributed by atoms with E-state index in [0.717, 1.165) is 11.1 Å². The van der Waals surface area contributed by atoms with Gasteiger partial charge in [-0.3, -0.25) is 0 Å². The molecule has 0 aromatic heterocycles. The molecule has 1 aliphatic rings. The van der Waals surface area contributed by atoms with Gasteiger partial charge in [0.15, 0.2) is 4.75 Å². The highest BCUT2D eigenvalue weighted by atomic mass is 32.2. The van der Waals surface area contributed by atoms with Crippen molar-refractivity contribution in [3.63, 3.8) is 0 Å². The van der Waals surface area contributed by atoms with Gasteiger partial charge < -0.3 is 4.74 Å². The maximum absolute atomic E-state index is 12.3. The minimum Gasteiger partial charge on any atom is -0.453 e. The van der Waals surface area contributed by atoms with E-state index in [0.29, 0.717) is 5.94 Å². The summed E-state index contributed by atoms with van der Waals surface area (Å²) >= 11 is 1.53. The molecular weight excluding hydrogens is 244 g/mol. The highest BCUT2D eigenvalue weighted by molar-refractivity contribution is 8.01. The second-order valence-electron chi connectivity index (χ2n) is 4.11. The van der Waals surface area contributed by atoms with E-state index in [1.54, 1.807) is 0 Å². The molecule has 1 fully saturated rings. The smallest absolute Gasteiger partial charge is 0.332 e. The van der Waals surface area contributed by atoms with E-state index >= 15 is 0 Å². The topological polar surface area (TPSA) is 26.3 Å². The fourth-order valence-corrected chi connectivity index (χ4v) is 3.37. The summed E-state index contributed by atoms with van der Waals surface area (Å²) in [5, 5.41) is 0. The summed E-state index contributed by atoms with van der Waals surface area (Å²) < 4.78 is 4.50.